The predicted molar refractivity (Wildman–Crippen MR) is 357 cm³/mol. The summed E-state index contributed by atoms with van der Waals surface area (Å²) in [5, 5.41) is 2.81. The minimum absolute atomic E-state index is 0.0176. The van der Waals surface area contributed by atoms with Gasteiger partial charge in [-0.05, 0) is 145 Å². The van der Waals surface area contributed by atoms with Gasteiger partial charge < -0.3 is 27.4 Å². The molecule has 432 valence electrons. The molecular weight excluding hydrogens is 1090 g/mol. The number of rotatable bonds is 16. The van der Waals surface area contributed by atoms with Gasteiger partial charge in [-0.2, -0.15) is 0 Å². The fraction of sp³-hybridized carbons (Fsp3) is 0.362. The fourth-order valence-corrected chi connectivity index (χ4v) is 23.2. The molecule has 14 heteroatoms. The molecule has 0 radical (unpaired) electrons. The third-order valence-corrected chi connectivity index (χ3v) is 27.7. The number of benzene rings is 2. The van der Waals surface area contributed by atoms with Gasteiger partial charge in [0.1, 0.15) is 17.8 Å². The zero-order valence-electron chi connectivity index (χ0n) is 50.2. The number of imidazole rings is 2. The van der Waals surface area contributed by atoms with Gasteiger partial charge in [0.05, 0.1) is 29.6 Å². The largest absolute Gasteiger partial charge is 0.333 e. The van der Waals surface area contributed by atoms with Crippen LogP contribution < -0.4 is 43.5 Å². The third-order valence-electron chi connectivity index (χ3n) is 16.0. The molecule has 2 atom stereocenters. The van der Waals surface area contributed by atoms with Crippen LogP contribution in [0.3, 0.4) is 0 Å². The average molecular weight is 1180 g/mol. The Morgan fingerprint density at radius 2 is 0.759 bits per heavy atom. The van der Waals surface area contributed by atoms with E-state index in [1.165, 1.54) is 91.6 Å². The van der Waals surface area contributed by atoms with E-state index in [1.54, 1.807) is 5.44 Å². The van der Waals surface area contributed by atoms with Crippen molar-refractivity contribution in [2.24, 2.45) is 0 Å². The maximum Gasteiger partial charge on any atom is 0.139 e. The molecule has 10 aromatic rings. The lowest BCUT2D eigenvalue weighted by molar-refractivity contribution is 0.486. The van der Waals surface area contributed by atoms with Crippen LogP contribution in [0.15, 0.2) is 208 Å². The molecule has 2 aromatic carbocycles. The monoisotopic (exact) mass is 1180 g/mol. The van der Waals surface area contributed by atoms with E-state index in [0.717, 1.165) is 46.7 Å². The average Bonchev–Trinajstić information content (AvgIpc) is 4.49. The van der Waals surface area contributed by atoms with Crippen LogP contribution in [0, 0.1) is 13.8 Å². The highest BCUT2D eigenvalue weighted by Crippen LogP contribution is 2.55. The van der Waals surface area contributed by atoms with Crippen LogP contribution in [-0.2, 0) is 20.0 Å². The maximum absolute atomic E-state index is 4.83. The van der Waals surface area contributed by atoms with Crippen molar-refractivity contribution >= 4 is 75.2 Å². The van der Waals surface area contributed by atoms with Crippen molar-refractivity contribution in [1.29, 1.82) is 0 Å². The van der Waals surface area contributed by atoms with Crippen LogP contribution in [0.4, 0.5) is 0 Å². The van der Waals surface area contributed by atoms with E-state index in [2.05, 4.69) is 253 Å². The van der Waals surface area contributed by atoms with Gasteiger partial charge in [0.25, 0.3) is 0 Å². The zero-order chi connectivity index (χ0) is 57.8. The van der Waals surface area contributed by atoms with Gasteiger partial charge in [0.15, 0.2) is 0 Å². The highest BCUT2D eigenvalue weighted by Gasteiger charge is 2.36. The number of aryl methyl sites for hydroxylation is 2. The summed E-state index contributed by atoms with van der Waals surface area (Å²) in [4.78, 5) is 19.1. The minimum atomic E-state index is -0.749. The van der Waals surface area contributed by atoms with Crippen molar-refractivity contribution in [2.45, 2.75) is 161 Å². The predicted octanol–water partition coefficient (Wildman–Crippen LogP) is 13.6. The highest BCUT2D eigenvalue weighted by atomic mass is 31.1. The Bertz CT molecular complexity index is 3350. The first-order chi connectivity index (χ1) is 40.3. The van der Waals surface area contributed by atoms with Crippen LogP contribution in [0.1, 0.15) is 117 Å². The van der Waals surface area contributed by atoms with Crippen LogP contribution in [0.2, 0.25) is 0 Å². The van der Waals surface area contributed by atoms with E-state index >= 15 is 0 Å². The summed E-state index contributed by atoms with van der Waals surface area (Å²) >= 11 is 0. The summed E-state index contributed by atoms with van der Waals surface area (Å²) in [6.45, 7) is 20.5. The molecule has 0 spiro atoms. The Morgan fingerprint density at radius 1 is 0.373 bits per heavy atom. The molecule has 2 saturated carbocycles. The molecule has 0 amide bonds. The fourth-order valence-electron chi connectivity index (χ4n) is 12.0. The smallest absolute Gasteiger partial charge is 0.139 e. The molecule has 12 rings (SSSR count). The molecule has 2 aliphatic rings. The number of hydrogen-bond donors (Lipinski definition) is 0. The second-order valence-corrected chi connectivity index (χ2v) is 34.8. The third kappa shape index (κ3) is 15.1. The van der Waals surface area contributed by atoms with Crippen molar-refractivity contribution in [3.8, 4) is 0 Å². The van der Waals surface area contributed by atoms with Crippen molar-refractivity contribution in [3.63, 3.8) is 0 Å². The lowest BCUT2D eigenvalue weighted by Gasteiger charge is -2.39. The second-order valence-electron chi connectivity index (χ2n) is 24.1. The van der Waals surface area contributed by atoms with Crippen molar-refractivity contribution in [1.82, 2.24) is 47.3 Å². The lowest BCUT2D eigenvalue weighted by Crippen LogP contribution is -2.37. The molecule has 0 aliphatic heterocycles. The first kappa shape index (κ1) is 60.1. The first-order valence-corrected chi connectivity index (χ1v) is 35.5. The molecule has 0 saturated heterocycles. The molecule has 0 bridgehead atoms. The summed E-state index contributed by atoms with van der Waals surface area (Å²) in [5.41, 5.74) is 12.0. The van der Waals surface area contributed by atoms with Crippen LogP contribution in [0.25, 0.3) is 0 Å². The summed E-state index contributed by atoms with van der Waals surface area (Å²) in [6.07, 6.45) is 35.3. The Labute approximate surface area is 499 Å². The van der Waals surface area contributed by atoms with Crippen molar-refractivity contribution in [2.75, 3.05) is 0 Å². The Morgan fingerprint density at radius 3 is 1.16 bits per heavy atom. The van der Waals surface area contributed by atoms with Crippen LogP contribution in [-0.4, -0.2) is 69.0 Å². The van der Waals surface area contributed by atoms with Gasteiger partial charge in [0.2, 0.25) is 0 Å². The molecule has 2 fully saturated rings. The molecule has 83 heavy (non-hydrogen) atoms. The normalized spacial score (nSPS) is 15.2. The van der Waals surface area contributed by atoms with Gasteiger partial charge in [0, 0.05) is 103 Å². The van der Waals surface area contributed by atoms with Crippen molar-refractivity contribution < 1.29 is 0 Å². The molecule has 2 unspecified atom stereocenters. The Balaban J connectivity index is 0.000000141. The molecule has 0 N–H and O–H groups in total. The highest BCUT2D eigenvalue weighted by molar-refractivity contribution is 7.79. The first-order valence-electron chi connectivity index (χ1n) is 30.0. The van der Waals surface area contributed by atoms with E-state index in [9.17, 15) is 0 Å². The van der Waals surface area contributed by atoms with Crippen LogP contribution in [0.5, 0.6) is 0 Å². The van der Waals surface area contributed by atoms with Gasteiger partial charge in [-0.3, -0.25) is 9.97 Å². The van der Waals surface area contributed by atoms with E-state index in [4.69, 9.17) is 19.9 Å². The van der Waals surface area contributed by atoms with Gasteiger partial charge >= 0.3 is 0 Å². The molecule has 10 nitrogen and oxygen atoms in total. The quantitative estimate of drug-likeness (QED) is 0.0903. The molecule has 2 aliphatic carbocycles. The number of hydrogen-bond acceptors (Lipinski definition) is 4. The zero-order valence-corrected chi connectivity index (χ0v) is 53.8. The number of pyridine rings is 2. The van der Waals surface area contributed by atoms with Gasteiger partial charge in [-0.25, -0.2) is 9.97 Å². The maximum atomic E-state index is 4.83. The summed E-state index contributed by atoms with van der Waals surface area (Å²) in [6, 6.07) is 51.9. The standard InChI is InChI=1S/C25H32N6P2.C22H33N2P.C22H21N2P/c1-24(2,3)32(20-11-7-9-13-26-20)22-28-15-17-30(22)19-31-18-16-29-23(31)33(25(4,5)6)21-12-8-10-14-27-21;2*1-19-10-8-16-23(19)18-24-17-9-15-22(24)25(20-11-4-2-5-12-20)21-13-6-3-7-14-21/h7-18H,19H2,1-6H3;8-10,15-17,20-21H,2-7,11-14,18H2,1H3;2-17H,18H2,1H3. The lowest BCUT2D eigenvalue weighted by atomic mass is 9.99. The second kappa shape index (κ2) is 28.3. The van der Waals surface area contributed by atoms with Crippen molar-refractivity contribution in [3.05, 3.63) is 219 Å². The van der Waals surface area contributed by atoms with E-state index in [1.807, 2.05) is 36.9 Å². The van der Waals surface area contributed by atoms with Gasteiger partial charge in [-0.1, -0.05) is 161 Å². The Kier molecular flexibility index (Phi) is 20.5. The topological polar surface area (TPSA) is 81.1 Å². The SMILES string of the molecule is CC(C)(C)P(c1ccccn1)c1nccn1Cn1ccnc1P(c1ccccn1)C(C)(C)C.Cc1cccn1Cn1cccc1P(C1CCCCC1)C1CCCCC1.Cc1cccn1Cn1cccc1P(c1ccccc1)c1ccccc1. The molecular formula is C69H86N10P4. The van der Waals surface area contributed by atoms with E-state index in [-0.39, 0.29) is 18.2 Å². The van der Waals surface area contributed by atoms with E-state index < -0.39 is 23.8 Å². The molecule has 8 heterocycles. The van der Waals surface area contributed by atoms with Gasteiger partial charge in [-0.15, -0.1) is 0 Å². The number of nitrogens with zero attached hydrogens (tertiary/aromatic N) is 10. The summed E-state index contributed by atoms with van der Waals surface area (Å²) < 4.78 is 14.1. The van der Waals surface area contributed by atoms with E-state index in [0.29, 0.717) is 6.67 Å². The Hall–Kier alpha value is -6.00. The number of aromatic nitrogens is 10. The van der Waals surface area contributed by atoms with Crippen LogP contribution >= 0.6 is 31.7 Å². The summed E-state index contributed by atoms with van der Waals surface area (Å²) in [7, 11) is -2.09. The molecule has 8 aromatic heterocycles. The minimum Gasteiger partial charge on any atom is -0.333 e. The summed E-state index contributed by atoms with van der Waals surface area (Å²) in [5.74, 6) is 0.